The van der Waals surface area contributed by atoms with E-state index in [0.29, 0.717) is 18.7 Å². The largest absolute Gasteiger partial charge is 0.453 e. The Labute approximate surface area is 206 Å². The fourth-order valence-electron chi connectivity index (χ4n) is 5.27. The summed E-state index contributed by atoms with van der Waals surface area (Å²) in [5.74, 6) is -0.962. The molecule has 0 N–H and O–H groups in total. The quantitative estimate of drug-likeness (QED) is 0.450. The molecule has 2 heterocycles. The second-order valence-electron chi connectivity index (χ2n) is 9.40. The molecule has 2 aliphatic heterocycles. The van der Waals surface area contributed by atoms with Crippen molar-refractivity contribution in [2.75, 3.05) is 26.8 Å². The second kappa shape index (κ2) is 10.3. The summed E-state index contributed by atoms with van der Waals surface area (Å²) in [4.78, 5) is 13.8. The average Bonchev–Trinajstić information content (AvgIpc) is 3.27. The number of likely N-dealkylation sites (tertiary alicyclic amines) is 1. The summed E-state index contributed by atoms with van der Waals surface area (Å²) < 4.78 is 84.5. The molecular weight excluding hydrogens is 485 g/mol. The van der Waals surface area contributed by atoms with Crippen molar-refractivity contribution in [3.8, 4) is 0 Å². The molecule has 0 bridgehead atoms. The van der Waals surface area contributed by atoms with Crippen LogP contribution in [0.3, 0.4) is 0 Å². The molecule has 0 aromatic heterocycles. The number of hydrogen-bond donors (Lipinski definition) is 0. The zero-order chi connectivity index (χ0) is 26.2. The Bertz CT molecular complexity index is 1110. The Kier molecular flexibility index (Phi) is 7.56. The van der Waals surface area contributed by atoms with Crippen LogP contribution >= 0.6 is 0 Å². The smallest absolute Gasteiger partial charge is 0.416 e. The molecule has 2 aromatic carbocycles. The van der Waals surface area contributed by atoms with Gasteiger partial charge in [0.2, 0.25) is 0 Å². The number of aryl methyl sites for hydroxylation is 1. The van der Waals surface area contributed by atoms with Gasteiger partial charge in [-0.1, -0.05) is 12.1 Å². The van der Waals surface area contributed by atoms with Crippen molar-refractivity contribution < 1.29 is 41.0 Å². The van der Waals surface area contributed by atoms with Crippen LogP contribution in [0, 0.1) is 24.6 Å². The van der Waals surface area contributed by atoms with E-state index in [0.717, 1.165) is 17.7 Å². The van der Waals surface area contributed by atoms with Gasteiger partial charge in [-0.2, -0.15) is 13.2 Å². The number of nitrogens with zero attached hydrogens (tertiary/aromatic N) is 1. The van der Waals surface area contributed by atoms with Crippen molar-refractivity contribution in [2.24, 2.45) is 11.8 Å². The number of hydrogen-bond acceptors (Lipinski definition) is 4. The van der Waals surface area contributed by atoms with Crippen molar-refractivity contribution in [1.29, 1.82) is 0 Å². The first-order valence-electron chi connectivity index (χ1n) is 11.6. The van der Waals surface area contributed by atoms with E-state index in [9.17, 15) is 26.7 Å². The molecular formula is C26H28F5NO4. The van der Waals surface area contributed by atoms with Gasteiger partial charge in [0.05, 0.1) is 25.4 Å². The van der Waals surface area contributed by atoms with E-state index < -0.39 is 48.6 Å². The first-order chi connectivity index (χ1) is 17.0. The standard InChI is InChI=1S/C26H28F5NO4/c1-14-6-20(28)4-5-21(14)23-22-12-32(25(33)34-3)11-18(22)13-35-24(23)36-15(2)17-7-16(10-27)8-19(9-17)26(29,30)31/h4-9,15,18,22-24H,10-13H2,1-3H3/t15-,18+,22-,23+,24-/m1/s1. The molecule has 2 fully saturated rings. The summed E-state index contributed by atoms with van der Waals surface area (Å²) >= 11 is 0. The molecule has 5 nitrogen and oxygen atoms in total. The van der Waals surface area contributed by atoms with Crippen LogP contribution in [-0.2, 0) is 27.1 Å². The van der Waals surface area contributed by atoms with Gasteiger partial charge in [0.1, 0.15) is 12.5 Å². The fourth-order valence-corrected chi connectivity index (χ4v) is 5.27. The molecule has 4 rings (SSSR count). The van der Waals surface area contributed by atoms with Crippen molar-refractivity contribution >= 4 is 6.09 Å². The maximum absolute atomic E-state index is 13.9. The normalized spacial score (nSPS) is 24.9. The van der Waals surface area contributed by atoms with Crippen molar-refractivity contribution in [1.82, 2.24) is 4.90 Å². The number of alkyl halides is 4. The van der Waals surface area contributed by atoms with E-state index in [1.54, 1.807) is 24.8 Å². The van der Waals surface area contributed by atoms with E-state index in [4.69, 9.17) is 14.2 Å². The lowest BCUT2D eigenvalue weighted by molar-refractivity contribution is -0.217. The molecule has 10 heteroatoms. The topological polar surface area (TPSA) is 48.0 Å². The van der Waals surface area contributed by atoms with Crippen LogP contribution in [0.2, 0.25) is 0 Å². The minimum atomic E-state index is -4.64. The molecule has 0 aliphatic carbocycles. The lowest BCUT2D eigenvalue weighted by Gasteiger charge is -2.41. The molecule has 36 heavy (non-hydrogen) atoms. The van der Waals surface area contributed by atoms with Gasteiger partial charge in [-0.25, -0.2) is 13.6 Å². The summed E-state index contributed by atoms with van der Waals surface area (Å²) in [6.45, 7) is 3.35. The maximum atomic E-state index is 13.9. The minimum Gasteiger partial charge on any atom is -0.453 e. The zero-order valence-electron chi connectivity index (χ0n) is 20.1. The van der Waals surface area contributed by atoms with Crippen LogP contribution in [0.15, 0.2) is 36.4 Å². The first kappa shape index (κ1) is 26.3. The SMILES string of the molecule is COC(=O)N1C[C@H]2CO[C@H](O[C@H](C)c3cc(CF)cc(C(F)(F)F)c3)[C@@H](c3ccc(F)cc3C)[C@@H]2C1. The van der Waals surface area contributed by atoms with Crippen LogP contribution in [0.5, 0.6) is 0 Å². The lowest BCUT2D eigenvalue weighted by atomic mass is 9.76. The highest BCUT2D eigenvalue weighted by Crippen LogP contribution is 2.46. The third-order valence-corrected chi connectivity index (χ3v) is 7.05. The molecule has 1 amide bonds. The van der Waals surface area contributed by atoms with E-state index in [1.165, 1.54) is 25.3 Å². The van der Waals surface area contributed by atoms with Gasteiger partial charge in [-0.05, 0) is 66.3 Å². The Morgan fingerprint density at radius 2 is 1.94 bits per heavy atom. The number of amides is 1. The summed E-state index contributed by atoms with van der Waals surface area (Å²) in [5.41, 5.74) is 0.545. The third kappa shape index (κ3) is 5.34. The van der Waals surface area contributed by atoms with E-state index in [1.807, 2.05) is 0 Å². The summed E-state index contributed by atoms with van der Waals surface area (Å²) in [7, 11) is 1.30. The second-order valence-corrected chi connectivity index (χ2v) is 9.40. The van der Waals surface area contributed by atoms with Crippen LogP contribution in [0.4, 0.5) is 26.7 Å². The Morgan fingerprint density at radius 1 is 1.19 bits per heavy atom. The average molecular weight is 514 g/mol. The Morgan fingerprint density at radius 3 is 2.58 bits per heavy atom. The molecule has 2 saturated heterocycles. The van der Waals surface area contributed by atoms with Gasteiger partial charge in [0.15, 0.2) is 6.29 Å². The number of halogens is 5. The Balaban J connectivity index is 1.66. The van der Waals surface area contributed by atoms with Crippen LogP contribution in [0.1, 0.15) is 46.8 Å². The van der Waals surface area contributed by atoms with Gasteiger partial charge in [0, 0.05) is 24.9 Å². The summed E-state index contributed by atoms with van der Waals surface area (Å²) in [5, 5.41) is 0. The number of benzene rings is 2. The maximum Gasteiger partial charge on any atom is 0.416 e. The van der Waals surface area contributed by atoms with E-state index in [-0.39, 0.29) is 29.6 Å². The molecule has 5 atom stereocenters. The van der Waals surface area contributed by atoms with Crippen molar-refractivity contribution in [2.45, 2.75) is 45.0 Å². The number of carbonyl (C=O) groups is 1. The van der Waals surface area contributed by atoms with Gasteiger partial charge >= 0.3 is 12.3 Å². The molecule has 2 aliphatic rings. The third-order valence-electron chi connectivity index (χ3n) is 7.05. The number of rotatable bonds is 5. The fraction of sp³-hybridized carbons (Fsp3) is 0.500. The Hall–Kier alpha value is -2.72. The highest BCUT2D eigenvalue weighted by molar-refractivity contribution is 5.67. The number of carbonyl (C=O) groups excluding carboxylic acids is 1. The zero-order valence-corrected chi connectivity index (χ0v) is 20.1. The predicted octanol–water partition coefficient (Wildman–Crippen LogP) is 6.15. The number of fused-ring (bicyclic) bond motifs is 1. The minimum absolute atomic E-state index is 0.0274. The van der Waals surface area contributed by atoms with Gasteiger partial charge in [-0.3, -0.25) is 0 Å². The molecule has 0 saturated carbocycles. The van der Waals surface area contributed by atoms with Crippen LogP contribution in [0.25, 0.3) is 0 Å². The monoisotopic (exact) mass is 513 g/mol. The van der Waals surface area contributed by atoms with E-state index >= 15 is 0 Å². The first-order valence-corrected chi connectivity index (χ1v) is 11.6. The molecule has 0 unspecified atom stereocenters. The van der Waals surface area contributed by atoms with Crippen LogP contribution in [-0.4, -0.2) is 44.1 Å². The number of methoxy groups -OCH3 is 1. The van der Waals surface area contributed by atoms with Gasteiger partial charge < -0.3 is 19.1 Å². The predicted molar refractivity (Wildman–Crippen MR) is 120 cm³/mol. The van der Waals surface area contributed by atoms with Crippen molar-refractivity contribution in [3.63, 3.8) is 0 Å². The summed E-state index contributed by atoms with van der Waals surface area (Å²) in [6, 6.07) is 7.45. The highest BCUT2D eigenvalue weighted by atomic mass is 19.4. The molecule has 2 aromatic rings. The number of ether oxygens (including phenoxy) is 3. The lowest BCUT2D eigenvalue weighted by Crippen LogP contribution is -2.42. The summed E-state index contributed by atoms with van der Waals surface area (Å²) in [6.07, 6.45) is -6.84. The van der Waals surface area contributed by atoms with Crippen molar-refractivity contribution in [3.05, 3.63) is 70.0 Å². The van der Waals surface area contributed by atoms with Gasteiger partial charge in [-0.15, -0.1) is 0 Å². The van der Waals surface area contributed by atoms with E-state index in [2.05, 4.69) is 0 Å². The molecule has 0 spiro atoms. The van der Waals surface area contributed by atoms with Crippen LogP contribution < -0.4 is 0 Å². The van der Waals surface area contributed by atoms with Gasteiger partial charge in [0.25, 0.3) is 0 Å². The molecule has 0 radical (unpaired) electrons. The highest BCUT2D eigenvalue weighted by Gasteiger charge is 2.48. The molecule has 196 valence electrons.